The van der Waals surface area contributed by atoms with Gasteiger partial charge in [-0.1, -0.05) is 0 Å². The lowest BCUT2D eigenvalue weighted by molar-refractivity contribution is -0.142. The molecule has 0 saturated carbocycles. The molecule has 5 nitrogen and oxygen atoms in total. The van der Waals surface area contributed by atoms with Gasteiger partial charge >= 0.3 is 0 Å². The topological polar surface area (TPSA) is 52.7 Å². The van der Waals surface area contributed by atoms with E-state index in [1.165, 1.54) is 11.3 Å². The van der Waals surface area contributed by atoms with Gasteiger partial charge in [0.2, 0.25) is 11.8 Å². The van der Waals surface area contributed by atoms with Gasteiger partial charge in [0.15, 0.2) is 0 Å². The number of hydrogen-bond donors (Lipinski definition) is 1. The van der Waals surface area contributed by atoms with E-state index >= 15 is 0 Å². The van der Waals surface area contributed by atoms with Crippen LogP contribution in [0.15, 0.2) is 0 Å². The Balaban J connectivity index is 1.95. The molecule has 0 radical (unpaired) electrons. The van der Waals surface area contributed by atoms with E-state index in [2.05, 4.69) is 5.32 Å². The largest absolute Gasteiger partial charge is 0.347 e. The van der Waals surface area contributed by atoms with Gasteiger partial charge in [0, 0.05) is 32.7 Å². The van der Waals surface area contributed by atoms with Crippen molar-refractivity contribution >= 4 is 11.8 Å². The second kappa shape index (κ2) is 5.26. The van der Waals surface area contributed by atoms with Crippen molar-refractivity contribution in [1.29, 1.82) is 0 Å². The van der Waals surface area contributed by atoms with Crippen molar-refractivity contribution in [2.24, 2.45) is 5.92 Å². The Morgan fingerprint density at radius 3 is 2.44 bits per heavy atom. The molecular formula is C13H23N3O2. The van der Waals surface area contributed by atoms with Crippen LogP contribution < -0.4 is 5.32 Å². The van der Waals surface area contributed by atoms with Gasteiger partial charge in [-0.05, 0) is 26.2 Å². The van der Waals surface area contributed by atoms with Crippen molar-refractivity contribution in [1.82, 2.24) is 15.1 Å². The van der Waals surface area contributed by atoms with E-state index in [0.29, 0.717) is 18.6 Å². The lowest BCUT2D eigenvalue weighted by Crippen LogP contribution is -2.45. The number of amides is 2. The molecule has 3 unspecified atom stereocenters. The molecule has 2 bridgehead atoms. The zero-order valence-corrected chi connectivity index (χ0v) is 11.5. The molecule has 0 spiro atoms. The first-order chi connectivity index (χ1) is 8.52. The van der Waals surface area contributed by atoms with Crippen LogP contribution in [0.1, 0.15) is 26.2 Å². The Hall–Kier alpha value is -1.10. The van der Waals surface area contributed by atoms with E-state index in [1.54, 1.807) is 19.0 Å². The summed E-state index contributed by atoms with van der Waals surface area (Å²) in [4.78, 5) is 27.4. The van der Waals surface area contributed by atoms with Crippen molar-refractivity contribution in [3.63, 3.8) is 0 Å². The summed E-state index contributed by atoms with van der Waals surface area (Å²) >= 11 is 0. The molecule has 2 heterocycles. The van der Waals surface area contributed by atoms with Crippen molar-refractivity contribution in [2.45, 2.75) is 38.3 Å². The summed E-state index contributed by atoms with van der Waals surface area (Å²) in [6.45, 7) is 2.74. The average Bonchev–Trinajstić information content (AvgIpc) is 2.96. The van der Waals surface area contributed by atoms with E-state index in [4.69, 9.17) is 0 Å². The first kappa shape index (κ1) is 13.3. The number of carbonyl (C=O) groups is 2. The standard InChI is InChI=1S/C13H23N3O2/c1-4-16(8-12(17)15(2)3)13(18)10-7-9-5-6-11(10)14-9/h9-11,14H,4-8H2,1-3H3. The van der Waals surface area contributed by atoms with Gasteiger partial charge in [0.1, 0.15) is 0 Å². The summed E-state index contributed by atoms with van der Waals surface area (Å²) in [6, 6.07) is 0.859. The minimum Gasteiger partial charge on any atom is -0.347 e. The molecule has 2 amide bonds. The van der Waals surface area contributed by atoms with Crippen LogP contribution in [-0.4, -0.2) is 60.9 Å². The van der Waals surface area contributed by atoms with Crippen LogP contribution in [0, 0.1) is 5.92 Å². The Kier molecular flexibility index (Phi) is 3.90. The Morgan fingerprint density at radius 2 is 2.00 bits per heavy atom. The quantitative estimate of drug-likeness (QED) is 0.771. The van der Waals surface area contributed by atoms with E-state index < -0.39 is 0 Å². The van der Waals surface area contributed by atoms with Gasteiger partial charge < -0.3 is 15.1 Å². The number of carbonyl (C=O) groups excluding carboxylic acids is 2. The molecule has 18 heavy (non-hydrogen) atoms. The van der Waals surface area contributed by atoms with E-state index in [9.17, 15) is 9.59 Å². The highest BCUT2D eigenvalue weighted by atomic mass is 16.2. The summed E-state index contributed by atoms with van der Waals surface area (Å²) in [5.74, 6) is 0.215. The monoisotopic (exact) mass is 253 g/mol. The zero-order valence-electron chi connectivity index (χ0n) is 11.5. The molecule has 2 rings (SSSR count). The molecule has 5 heteroatoms. The third-order valence-electron chi connectivity index (χ3n) is 4.14. The number of hydrogen-bond acceptors (Lipinski definition) is 3. The van der Waals surface area contributed by atoms with Gasteiger partial charge in [-0.15, -0.1) is 0 Å². The van der Waals surface area contributed by atoms with Crippen molar-refractivity contribution in [3.8, 4) is 0 Å². The number of nitrogens with zero attached hydrogens (tertiary/aromatic N) is 2. The molecular weight excluding hydrogens is 230 g/mol. The molecule has 2 aliphatic heterocycles. The van der Waals surface area contributed by atoms with Crippen LogP contribution in [0.5, 0.6) is 0 Å². The number of likely N-dealkylation sites (N-methyl/N-ethyl adjacent to an activating group) is 2. The van der Waals surface area contributed by atoms with Crippen molar-refractivity contribution in [3.05, 3.63) is 0 Å². The maximum absolute atomic E-state index is 12.4. The molecule has 3 atom stereocenters. The van der Waals surface area contributed by atoms with Crippen molar-refractivity contribution < 1.29 is 9.59 Å². The van der Waals surface area contributed by atoms with Gasteiger partial charge in [0.05, 0.1) is 12.5 Å². The maximum atomic E-state index is 12.4. The summed E-state index contributed by atoms with van der Waals surface area (Å²) in [5.41, 5.74) is 0. The molecule has 0 aromatic heterocycles. The fraction of sp³-hybridized carbons (Fsp3) is 0.846. The molecule has 2 aliphatic rings. The van der Waals surface area contributed by atoms with Gasteiger partial charge in [-0.2, -0.15) is 0 Å². The van der Waals surface area contributed by atoms with Gasteiger partial charge in [0.25, 0.3) is 0 Å². The van der Waals surface area contributed by atoms with Crippen LogP contribution in [0.3, 0.4) is 0 Å². The molecule has 102 valence electrons. The SMILES string of the molecule is CCN(CC(=O)N(C)C)C(=O)C1CC2CCC1N2. The Labute approximate surface area is 108 Å². The number of rotatable bonds is 4. The summed E-state index contributed by atoms with van der Waals surface area (Å²) in [7, 11) is 3.44. The summed E-state index contributed by atoms with van der Waals surface area (Å²) in [5, 5.41) is 3.47. The second-order valence-corrected chi connectivity index (χ2v) is 5.53. The minimum absolute atomic E-state index is 0.0127. The van der Waals surface area contributed by atoms with E-state index in [0.717, 1.165) is 12.8 Å². The molecule has 0 aliphatic carbocycles. The van der Waals surface area contributed by atoms with Crippen LogP contribution in [-0.2, 0) is 9.59 Å². The summed E-state index contributed by atoms with van der Waals surface area (Å²) in [6.07, 6.45) is 3.23. The molecule has 0 aromatic carbocycles. The van der Waals surface area contributed by atoms with Gasteiger partial charge in [-0.25, -0.2) is 0 Å². The zero-order chi connectivity index (χ0) is 13.3. The lowest BCUT2D eigenvalue weighted by Gasteiger charge is -2.28. The molecule has 2 fully saturated rings. The molecule has 0 aromatic rings. The lowest BCUT2D eigenvalue weighted by atomic mass is 9.88. The van der Waals surface area contributed by atoms with Crippen LogP contribution >= 0.6 is 0 Å². The highest BCUT2D eigenvalue weighted by molar-refractivity contribution is 5.86. The smallest absolute Gasteiger partial charge is 0.241 e. The number of fused-ring (bicyclic) bond motifs is 2. The highest BCUT2D eigenvalue weighted by Crippen LogP contribution is 2.34. The Morgan fingerprint density at radius 1 is 1.28 bits per heavy atom. The Bertz CT molecular complexity index is 343. The predicted octanol–water partition coefficient (Wildman–Crippen LogP) is 0.0636. The fourth-order valence-corrected chi connectivity index (χ4v) is 2.98. The molecule has 1 N–H and O–H groups in total. The third kappa shape index (κ3) is 2.51. The number of nitrogens with one attached hydrogen (secondary N) is 1. The van der Waals surface area contributed by atoms with Crippen LogP contribution in [0.2, 0.25) is 0 Å². The fourth-order valence-electron chi connectivity index (χ4n) is 2.98. The van der Waals surface area contributed by atoms with E-state index in [1.807, 2.05) is 6.92 Å². The predicted molar refractivity (Wildman–Crippen MR) is 69.0 cm³/mol. The first-order valence-electron chi connectivity index (χ1n) is 6.78. The average molecular weight is 253 g/mol. The second-order valence-electron chi connectivity index (χ2n) is 5.53. The highest BCUT2D eigenvalue weighted by Gasteiger charge is 2.44. The normalized spacial score (nSPS) is 29.4. The van der Waals surface area contributed by atoms with E-state index in [-0.39, 0.29) is 24.3 Å². The van der Waals surface area contributed by atoms with Gasteiger partial charge in [-0.3, -0.25) is 9.59 Å². The maximum Gasteiger partial charge on any atom is 0.241 e. The minimum atomic E-state index is -0.0127. The van der Waals surface area contributed by atoms with Crippen LogP contribution in [0.25, 0.3) is 0 Å². The first-order valence-corrected chi connectivity index (χ1v) is 6.78. The van der Waals surface area contributed by atoms with Crippen molar-refractivity contribution in [2.75, 3.05) is 27.2 Å². The molecule has 2 saturated heterocycles. The summed E-state index contributed by atoms with van der Waals surface area (Å²) < 4.78 is 0. The third-order valence-corrected chi connectivity index (χ3v) is 4.14. The van der Waals surface area contributed by atoms with Crippen LogP contribution in [0.4, 0.5) is 0 Å².